The molecule has 0 amide bonds. The fourth-order valence-corrected chi connectivity index (χ4v) is 4.48. The average Bonchev–Trinajstić information content (AvgIpc) is 2.97. The summed E-state index contributed by atoms with van der Waals surface area (Å²) in [5, 5.41) is 4.77. The molecule has 4 rings (SSSR count). The minimum absolute atomic E-state index is 0.755. The molecule has 1 saturated heterocycles. The van der Waals surface area contributed by atoms with Gasteiger partial charge in [-0.3, -0.25) is 4.90 Å². The third-order valence-corrected chi connectivity index (χ3v) is 6.21. The van der Waals surface area contributed by atoms with Crippen molar-refractivity contribution in [3.63, 3.8) is 0 Å². The summed E-state index contributed by atoms with van der Waals surface area (Å²) < 4.78 is 5.43. The molecule has 0 atom stereocenters. The molecule has 2 aromatic heterocycles. The van der Waals surface area contributed by atoms with Gasteiger partial charge in [-0.2, -0.15) is 0 Å². The second-order valence-corrected chi connectivity index (χ2v) is 8.20. The summed E-state index contributed by atoms with van der Waals surface area (Å²) in [5.41, 5.74) is 2.52. The monoisotopic (exact) mass is 382 g/mol. The largest absolute Gasteiger partial charge is 0.379 e. The molecule has 3 aromatic rings. The highest BCUT2D eigenvalue weighted by Crippen LogP contribution is 2.33. The van der Waals surface area contributed by atoms with Crippen molar-refractivity contribution >= 4 is 27.4 Å². The SMILES string of the molecule is Cc1sc2nc(Cc3ccccc3)nc(NCCN3CCOCC3)c2c1C. The predicted octanol–water partition coefficient (Wildman–Crippen LogP) is 3.64. The number of rotatable bonds is 6. The van der Waals surface area contributed by atoms with Crippen LogP contribution < -0.4 is 5.32 Å². The molecule has 6 heteroatoms. The first-order chi connectivity index (χ1) is 13.2. The maximum absolute atomic E-state index is 5.43. The second-order valence-electron chi connectivity index (χ2n) is 7.00. The van der Waals surface area contributed by atoms with Gasteiger partial charge in [0, 0.05) is 37.5 Å². The number of anilines is 1. The Morgan fingerprint density at radius 1 is 1.11 bits per heavy atom. The van der Waals surface area contributed by atoms with Gasteiger partial charge in [0.05, 0.1) is 18.6 Å². The van der Waals surface area contributed by atoms with Crippen molar-refractivity contribution in [2.75, 3.05) is 44.7 Å². The fraction of sp³-hybridized carbons (Fsp3) is 0.429. The van der Waals surface area contributed by atoms with Crippen LogP contribution in [-0.2, 0) is 11.2 Å². The molecule has 0 radical (unpaired) electrons. The van der Waals surface area contributed by atoms with Gasteiger partial charge in [-0.1, -0.05) is 30.3 Å². The zero-order valence-electron chi connectivity index (χ0n) is 16.0. The molecule has 0 spiro atoms. The molecular formula is C21H26N4OS. The molecule has 0 bridgehead atoms. The Hall–Kier alpha value is -2.02. The van der Waals surface area contributed by atoms with E-state index in [2.05, 4.69) is 48.3 Å². The Morgan fingerprint density at radius 2 is 1.89 bits per heavy atom. The van der Waals surface area contributed by atoms with E-state index in [4.69, 9.17) is 14.7 Å². The molecule has 0 saturated carbocycles. The number of morpholine rings is 1. The minimum atomic E-state index is 0.755. The van der Waals surface area contributed by atoms with Gasteiger partial charge in [0.2, 0.25) is 0 Å². The van der Waals surface area contributed by atoms with Gasteiger partial charge in [0.25, 0.3) is 0 Å². The van der Waals surface area contributed by atoms with E-state index < -0.39 is 0 Å². The number of fused-ring (bicyclic) bond motifs is 1. The Labute approximate surface area is 164 Å². The Balaban J connectivity index is 1.56. The van der Waals surface area contributed by atoms with Crippen molar-refractivity contribution < 1.29 is 4.74 Å². The highest BCUT2D eigenvalue weighted by Gasteiger charge is 2.15. The van der Waals surface area contributed by atoms with Gasteiger partial charge < -0.3 is 10.1 Å². The van der Waals surface area contributed by atoms with E-state index >= 15 is 0 Å². The Bertz CT molecular complexity index is 903. The first-order valence-electron chi connectivity index (χ1n) is 9.55. The molecule has 3 heterocycles. The van der Waals surface area contributed by atoms with Crippen LogP contribution in [0.25, 0.3) is 10.2 Å². The molecular weight excluding hydrogens is 356 g/mol. The smallest absolute Gasteiger partial charge is 0.138 e. The number of aromatic nitrogens is 2. The number of nitrogens with one attached hydrogen (secondary N) is 1. The summed E-state index contributed by atoms with van der Waals surface area (Å²) in [7, 11) is 0. The maximum Gasteiger partial charge on any atom is 0.138 e. The van der Waals surface area contributed by atoms with E-state index in [0.717, 1.165) is 62.3 Å². The fourth-order valence-electron chi connectivity index (χ4n) is 3.44. The molecule has 27 heavy (non-hydrogen) atoms. The van der Waals surface area contributed by atoms with Crippen LogP contribution in [0.2, 0.25) is 0 Å². The van der Waals surface area contributed by atoms with E-state index in [1.54, 1.807) is 11.3 Å². The average molecular weight is 383 g/mol. The molecule has 1 aromatic carbocycles. The summed E-state index contributed by atoms with van der Waals surface area (Å²) in [6.07, 6.45) is 0.755. The zero-order valence-corrected chi connectivity index (χ0v) is 16.8. The van der Waals surface area contributed by atoms with Crippen LogP contribution in [0.5, 0.6) is 0 Å². The number of hydrogen-bond acceptors (Lipinski definition) is 6. The molecule has 0 aliphatic carbocycles. The van der Waals surface area contributed by atoms with E-state index in [1.165, 1.54) is 21.4 Å². The predicted molar refractivity (Wildman–Crippen MR) is 112 cm³/mol. The number of aryl methyl sites for hydroxylation is 2. The minimum Gasteiger partial charge on any atom is -0.379 e. The molecule has 1 N–H and O–H groups in total. The van der Waals surface area contributed by atoms with E-state index in [1.807, 2.05) is 6.07 Å². The first kappa shape index (κ1) is 18.3. The number of nitrogens with zero attached hydrogens (tertiary/aromatic N) is 3. The molecule has 1 fully saturated rings. The molecule has 1 aliphatic rings. The van der Waals surface area contributed by atoms with Crippen LogP contribution in [0.1, 0.15) is 21.8 Å². The van der Waals surface area contributed by atoms with Crippen molar-refractivity contribution in [1.29, 1.82) is 0 Å². The lowest BCUT2D eigenvalue weighted by Gasteiger charge is -2.26. The van der Waals surface area contributed by atoms with Crippen LogP contribution in [0.15, 0.2) is 30.3 Å². The highest BCUT2D eigenvalue weighted by molar-refractivity contribution is 7.18. The number of hydrogen-bond donors (Lipinski definition) is 1. The third-order valence-electron chi connectivity index (χ3n) is 5.10. The zero-order chi connectivity index (χ0) is 18.6. The number of thiophene rings is 1. The lowest BCUT2D eigenvalue weighted by Crippen LogP contribution is -2.39. The van der Waals surface area contributed by atoms with Gasteiger partial charge in [-0.25, -0.2) is 9.97 Å². The summed E-state index contributed by atoms with van der Waals surface area (Å²) in [6, 6.07) is 10.4. The summed E-state index contributed by atoms with van der Waals surface area (Å²) >= 11 is 1.76. The van der Waals surface area contributed by atoms with Crippen molar-refractivity contribution in [2.45, 2.75) is 20.3 Å². The quantitative estimate of drug-likeness (QED) is 0.705. The first-order valence-corrected chi connectivity index (χ1v) is 10.4. The van der Waals surface area contributed by atoms with Crippen LogP contribution in [-0.4, -0.2) is 54.3 Å². The molecule has 142 valence electrons. The highest BCUT2D eigenvalue weighted by atomic mass is 32.1. The molecule has 5 nitrogen and oxygen atoms in total. The lowest BCUT2D eigenvalue weighted by molar-refractivity contribution is 0.0398. The standard InChI is InChI=1S/C21H26N4OS/c1-15-16(2)27-21-19(15)20(22-8-9-25-10-12-26-13-11-25)23-18(24-21)14-17-6-4-3-5-7-17/h3-7H,8-14H2,1-2H3,(H,22,23,24). The number of ether oxygens (including phenoxy) is 1. The van der Waals surface area contributed by atoms with Crippen LogP contribution >= 0.6 is 11.3 Å². The van der Waals surface area contributed by atoms with Gasteiger partial charge >= 0.3 is 0 Å². The summed E-state index contributed by atoms with van der Waals surface area (Å²) in [4.78, 5) is 14.6. The number of benzene rings is 1. The van der Waals surface area contributed by atoms with Crippen molar-refractivity contribution in [1.82, 2.24) is 14.9 Å². The maximum atomic E-state index is 5.43. The van der Waals surface area contributed by atoms with Crippen molar-refractivity contribution in [3.05, 3.63) is 52.2 Å². The molecule has 1 aliphatic heterocycles. The van der Waals surface area contributed by atoms with Crippen LogP contribution in [0.3, 0.4) is 0 Å². The van der Waals surface area contributed by atoms with Crippen LogP contribution in [0.4, 0.5) is 5.82 Å². The summed E-state index contributed by atoms with van der Waals surface area (Å²) in [6.45, 7) is 9.91. The van der Waals surface area contributed by atoms with Gasteiger partial charge in [0.1, 0.15) is 16.5 Å². The van der Waals surface area contributed by atoms with Crippen LogP contribution in [0, 0.1) is 13.8 Å². The Kier molecular flexibility index (Phi) is 5.66. The van der Waals surface area contributed by atoms with E-state index in [9.17, 15) is 0 Å². The van der Waals surface area contributed by atoms with Gasteiger partial charge in [-0.05, 0) is 25.0 Å². The topological polar surface area (TPSA) is 50.3 Å². The van der Waals surface area contributed by atoms with Gasteiger partial charge in [-0.15, -0.1) is 11.3 Å². The lowest BCUT2D eigenvalue weighted by atomic mass is 10.1. The summed E-state index contributed by atoms with van der Waals surface area (Å²) in [5.74, 6) is 1.85. The third kappa shape index (κ3) is 4.29. The van der Waals surface area contributed by atoms with Crippen molar-refractivity contribution in [2.24, 2.45) is 0 Å². The van der Waals surface area contributed by atoms with Crippen molar-refractivity contribution in [3.8, 4) is 0 Å². The van der Waals surface area contributed by atoms with E-state index in [-0.39, 0.29) is 0 Å². The molecule has 0 unspecified atom stereocenters. The Morgan fingerprint density at radius 3 is 2.67 bits per heavy atom. The van der Waals surface area contributed by atoms with E-state index in [0.29, 0.717) is 0 Å². The second kappa shape index (κ2) is 8.33. The normalized spacial score (nSPS) is 15.3. The van der Waals surface area contributed by atoms with Gasteiger partial charge in [0.15, 0.2) is 0 Å².